The van der Waals surface area contributed by atoms with Gasteiger partial charge in [0.15, 0.2) is 6.10 Å². The zero-order valence-corrected chi connectivity index (χ0v) is 33.4. The zero-order valence-electron chi connectivity index (χ0n) is 32.6. The Balaban J connectivity index is 0. The first-order valence-corrected chi connectivity index (χ1v) is 19.5. The molecule has 0 aromatic heterocycles. The van der Waals surface area contributed by atoms with E-state index in [-0.39, 0.29) is 50.8 Å². The highest BCUT2D eigenvalue weighted by molar-refractivity contribution is 5.81. The van der Waals surface area contributed by atoms with Gasteiger partial charge in [0.2, 0.25) is 0 Å². The van der Waals surface area contributed by atoms with Gasteiger partial charge in [-0.25, -0.2) is 9.59 Å². The van der Waals surface area contributed by atoms with E-state index >= 15 is 0 Å². The van der Waals surface area contributed by atoms with Crippen molar-refractivity contribution in [2.45, 2.75) is 194 Å². The predicted octanol–water partition coefficient (Wildman–Crippen LogP) is 2.86. The lowest BCUT2D eigenvalue weighted by Gasteiger charge is -2.24. The third-order valence-electron chi connectivity index (χ3n) is 8.09. The summed E-state index contributed by atoms with van der Waals surface area (Å²) in [5.41, 5.74) is 10.1. The zero-order chi connectivity index (χ0) is 37.5. The van der Waals surface area contributed by atoms with E-state index in [2.05, 4.69) is 24.2 Å². The Bertz CT molecular complexity index is 903. The summed E-state index contributed by atoms with van der Waals surface area (Å²) in [4.78, 5) is 53.7. The van der Waals surface area contributed by atoms with Crippen LogP contribution in [-0.4, -0.2) is 67.5 Å². The number of guanidine groups is 1. The van der Waals surface area contributed by atoms with Crippen molar-refractivity contribution in [3.8, 4) is 0 Å². The molecule has 0 aromatic carbocycles. The number of nitrogens with one attached hydrogen (secondary N) is 2. The van der Waals surface area contributed by atoms with Crippen molar-refractivity contribution in [2.24, 2.45) is 11.5 Å². The number of carbonyl (C=O) groups excluding carboxylic acids is 4. The molecule has 6 N–H and O–H groups in total. The minimum Gasteiger partial charge on any atom is -1.00 e. The topological polar surface area (TPSA) is 183 Å². The molecular weight excluding hydrogens is 676 g/mol. The van der Waals surface area contributed by atoms with Crippen molar-refractivity contribution in [3.63, 3.8) is 0 Å². The van der Waals surface area contributed by atoms with Crippen LogP contribution in [0.25, 0.3) is 0 Å². The number of rotatable bonds is 31. The summed E-state index contributed by atoms with van der Waals surface area (Å²) in [6.45, 7) is 9.37. The van der Waals surface area contributed by atoms with Crippen molar-refractivity contribution in [3.05, 3.63) is 0 Å². The highest BCUT2D eigenvalue weighted by Crippen LogP contribution is 2.14. The predicted molar refractivity (Wildman–Crippen MR) is 197 cm³/mol. The van der Waals surface area contributed by atoms with Crippen molar-refractivity contribution >= 4 is 30.0 Å². The van der Waals surface area contributed by atoms with Gasteiger partial charge in [-0.2, -0.15) is 0 Å². The van der Waals surface area contributed by atoms with Crippen molar-refractivity contribution in [1.82, 2.24) is 5.32 Å². The average molecular weight is 749 g/mol. The standard InChI is InChI=1S/C38H72N4O8.ClH/c1-6-8-10-12-14-16-18-20-22-26-33(43)47-29-31(30-48-34(44)27-23-21-19-17-15-13-11-9-7-2)49-35(45)32(25-24-28-41-36(39)40)42-37(46)50-38(3,4)5;/h31-32H,6-30H2,1-5H3,(H,42,46)(H4,39,40,41);1H/t32-;/m0./s1. The number of carbonyl (C=O) groups is 4. The maximum atomic E-state index is 13.3. The van der Waals surface area contributed by atoms with Gasteiger partial charge in [0, 0.05) is 12.8 Å². The Morgan fingerprint density at radius 2 is 1.06 bits per heavy atom. The number of hydrogen-bond donors (Lipinski definition) is 4. The van der Waals surface area contributed by atoms with Crippen LogP contribution in [0.2, 0.25) is 0 Å². The van der Waals surface area contributed by atoms with Gasteiger partial charge in [-0.15, -0.1) is 0 Å². The fourth-order valence-electron chi connectivity index (χ4n) is 5.28. The molecule has 13 heteroatoms. The molecule has 0 aliphatic rings. The third kappa shape index (κ3) is 34.1. The molecule has 0 radical (unpaired) electrons. The quantitative estimate of drug-likeness (QED) is 0.0271. The highest BCUT2D eigenvalue weighted by Gasteiger charge is 2.29. The van der Waals surface area contributed by atoms with E-state index < -0.39 is 41.7 Å². The number of halogens is 1. The van der Waals surface area contributed by atoms with E-state index in [0.29, 0.717) is 25.8 Å². The minimum atomic E-state index is -1.08. The third-order valence-corrected chi connectivity index (χ3v) is 8.09. The Morgan fingerprint density at radius 3 is 1.45 bits per heavy atom. The number of ether oxygens (including phenoxy) is 4. The van der Waals surface area contributed by atoms with Crippen LogP contribution in [-0.2, 0) is 33.3 Å². The summed E-state index contributed by atoms with van der Waals surface area (Å²) in [6.07, 6.45) is 19.6. The van der Waals surface area contributed by atoms with E-state index in [1.165, 1.54) is 64.2 Å². The SMILES string of the molecule is CCCCCCCCCCCC(=O)OCC(COC(=O)CCCCCCCCCCC)OC(=O)[C@H](CCC[NH+]=C(N)N)NC(=O)OC(C)(C)C.[Cl-]. The molecule has 0 spiro atoms. The molecule has 1 atom stereocenters. The summed E-state index contributed by atoms with van der Waals surface area (Å²) in [6, 6.07) is -1.08. The molecular formula is C38H73ClN4O8. The normalized spacial score (nSPS) is 11.6. The molecule has 0 rings (SSSR count). The molecule has 12 nitrogen and oxygen atoms in total. The fourth-order valence-corrected chi connectivity index (χ4v) is 5.28. The molecule has 300 valence electrons. The summed E-state index contributed by atoms with van der Waals surface area (Å²) < 4.78 is 21.9. The lowest BCUT2D eigenvalue weighted by atomic mass is 10.1. The molecule has 0 bridgehead atoms. The summed E-state index contributed by atoms with van der Waals surface area (Å²) in [7, 11) is 0. The second kappa shape index (κ2) is 33.1. The van der Waals surface area contributed by atoms with Crippen LogP contribution in [0.3, 0.4) is 0 Å². The van der Waals surface area contributed by atoms with Crippen LogP contribution in [0.5, 0.6) is 0 Å². The molecule has 0 aliphatic carbocycles. The molecule has 0 aliphatic heterocycles. The molecule has 1 amide bonds. The fraction of sp³-hybridized carbons (Fsp3) is 0.868. The average Bonchev–Trinajstić information content (AvgIpc) is 3.04. The van der Waals surface area contributed by atoms with Gasteiger partial charge in [0.25, 0.3) is 0 Å². The van der Waals surface area contributed by atoms with Crippen LogP contribution >= 0.6 is 0 Å². The van der Waals surface area contributed by atoms with Crippen molar-refractivity contribution < 1.29 is 55.5 Å². The van der Waals surface area contributed by atoms with Crippen LogP contribution in [0.1, 0.15) is 176 Å². The van der Waals surface area contributed by atoms with E-state index in [1.54, 1.807) is 20.8 Å². The number of amides is 1. The van der Waals surface area contributed by atoms with Crippen LogP contribution in [0, 0.1) is 0 Å². The highest BCUT2D eigenvalue weighted by atomic mass is 35.5. The largest absolute Gasteiger partial charge is 1.00 e. The van der Waals surface area contributed by atoms with Gasteiger partial charge in [-0.1, -0.05) is 117 Å². The summed E-state index contributed by atoms with van der Waals surface area (Å²) >= 11 is 0. The van der Waals surface area contributed by atoms with Gasteiger partial charge >= 0.3 is 30.0 Å². The van der Waals surface area contributed by atoms with Gasteiger partial charge in [-0.05, 0) is 46.5 Å². The van der Waals surface area contributed by atoms with E-state index in [4.69, 9.17) is 30.4 Å². The van der Waals surface area contributed by atoms with Gasteiger partial charge in [0.05, 0.1) is 6.54 Å². The van der Waals surface area contributed by atoms with Crippen LogP contribution < -0.4 is 34.2 Å². The number of alkyl carbamates (subject to hydrolysis) is 1. The smallest absolute Gasteiger partial charge is 0.408 e. The molecule has 51 heavy (non-hydrogen) atoms. The number of nitrogens with two attached hydrogens (primary N) is 2. The number of unbranched alkanes of at least 4 members (excludes halogenated alkanes) is 16. The lowest BCUT2D eigenvalue weighted by Crippen LogP contribution is -3.00. The Kier molecular flexibility index (Phi) is 32.7. The summed E-state index contributed by atoms with van der Waals surface area (Å²) in [5, 5.41) is 2.57. The monoisotopic (exact) mass is 749 g/mol. The number of hydrogen-bond acceptors (Lipinski definition) is 8. The van der Waals surface area contributed by atoms with Gasteiger partial charge in [0.1, 0.15) is 24.9 Å². The van der Waals surface area contributed by atoms with E-state index in [9.17, 15) is 19.2 Å². The molecule has 0 saturated carbocycles. The Labute approximate surface area is 315 Å². The molecule has 0 fully saturated rings. The second-order valence-electron chi connectivity index (χ2n) is 14.3. The summed E-state index contributed by atoms with van der Waals surface area (Å²) in [5.74, 6) is -1.53. The molecule has 0 unspecified atom stereocenters. The maximum Gasteiger partial charge on any atom is 0.408 e. The first-order chi connectivity index (χ1) is 23.9. The minimum absolute atomic E-state index is 0. The van der Waals surface area contributed by atoms with Crippen LogP contribution in [0.15, 0.2) is 0 Å². The first-order valence-electron chi connectivity index (χ1n) is 19.5. The Hall–Kier alpha value is -2.76. The van der Waals surface area contributed by atoms with E-state index in [1.807, 2.05) is 0 Å². The van der Waals surface area contributed by atoms with Crippen molar-refractivity contribution in [1.29, 1.82) is 0 Å². The van der Waals surface area contributed by atoms with Crippen LogP contribution in [0.4, 0.5) is 4.79 Å². The second-order valence-corrected chi connectivity index (χ2v) is 14.3. The molecule has 0 aromatic rings. The van der Waals surface area contributed by atoms with Gasteiger partial charge < -0.3 is 36.7 Å². The first kappa shape index (κ1) is 50.3. The van der Waals surface area contributed by atoms with Gasteiger partial charge in [-0.3, -0.25) is 26.0 Å². The maximum absolute atomic E-state index is 13.3. The van der Waals surface area contributed by atoms with Crippen molar-refractivity contribution in [2.75, 3.05) is 19.8 Å². The molecule has 0 saturated heterocycles. The lowest BCUT2D eigenvalue weighted by molar-refractivity contribution is -0.459. The number of esters is 3. The Morgan fingerprint density at radius 1 is 0.647 bits per heavy atom. The molecule has 0 heterocycles. The van der Waals surface area contributed by atoms with E-state index in [0.717, 1.165) is 38.5 Å².